The fourth-order valence-electron chi connectivity index (χ4n) is 3.24. The van der Waals surface area contributed by atoms with E-state index >= 15 is 0 Å². The Labute approximate surface area is 158 Å². The molecular weight excluding hydrogens is 348 g/mol. The van der Waals surface area contributed by atoms with Crippen LogP contribution in [0.2, 0.25) is 0 Å². The zero-order valence-electron chi connectivity index (χ0n) is 15.8. The molecule has 2 heterocycles. The standard InChI is InChI=1S/C20H26N2O5/c1-14(2)17(22-7-9-25-10-8-22)12-21-19(23)13-26-16-5-3-15-4-6-20(24)27-18(15)11-16/h3-6,11,14,17H,7-10,12-13H2,1-2H3,(H,21,23). The second-order valence-electron chi connectivity index (χ2n) is 7.01. The molecule has 1 atom stereocenters. The first-order valence-electron chi connectivity index (χ1n) is 9.28. The number of benzene rings is 1. The van der Waals surface area contributed by atoms with Gasteiger partial charge in [0.1, 0.15) is 11.3 Å². The van der Waals surface area contributed by atoms with Crippen molar-refractivity contribution in [2.24, 2.45) is 5.92 Å². The fraction of sp³-hybridized carbons (Fsp3) is 0.500. The maximum absolute atomic E-state index is 12.2. The van der Waals surface area contributed by atoms with E-state index in [0.717, 1.165) is 31.7 Å². The normalized spacial score (nSPS) is 16.4. The molecule has 27 heavy (non-hydrogen) atoms. The summed E-state index contributed by atoms with van der Waals surface area (Å²) in [5.41, 5.74) is 0.0211. The van der Waals surface area contributed by atoms with Gasteiger partial charge in [0, 0.05) is 43.2 Å². The molecule has 1 aliphatic rings. The SMILES string of the molecule is CC(C)C(CNC(=O)COc1ccc2ccc(=O)oc2c1)N1CCOCC1. The van der Waals surface area contributed by atoms with Gasteiger partial charge in [0.15, 0.2) is 6.61 Å². The van der Waals surface area contributed by atoms with E-state index in [2.05, 4.69) is 24.1 Å². The molecule has 3 rings (SSSR count). The highest BCUT2D eigenvalue weighted by Gasteiger charge is 2.24. The van der Waals surface area contributed by atoms with Crippen molar-refractivity contribution in [2.45, 2.75) is 19.9 Å². The van der Waals surface area contributed by atoms with Gasteiger partial charge in [0.25, 0.3) is 5.91 Å². The molecular formula is C20H26N2O5. The van der Waals surface area contributed by atoms with Crippen molar-refractivity contribution in [3.8, 4) is 5.75 Å². The number of fused-ring (bicyclic) bond motifs is 1. The lowest BCUT2D eigenvalue weighted by Gasteiger charge is -2.36. The molecule has 2 aromatic rings. The zero-order chi connectivity index (χ0) is 19.2. The number of morpholine rings is 1. The highest BCUT2D eigenvalue weighted by atomic mass is 16.5. The number of ether oxygens (including phenoxy) is 2. The van der Waals surface area contributed by atoms with Crippen LogP contribution in [-0.2, 0) is 9.53 Å². The molecule has 1 amide bonds. The van der Waals surface area contributed by atoms with Gasteiger partial charge < -0.3 is 19.2 Å². The van der Waals surface area contributed by atoms with Crippen molar-refractivity contribution in [1.29, 1.82) is 0 Å². The predicted molar refractivity (Wildman–Crippen MR) is 102 cm³/mol. The molecule has 1 aromatic carbocycles. The van der Waals surface area contributed by atoms with E-state index in [4.69, 9.17) is 13.9 Å². The lowest BCUT2D eigenvalue weighted by atomic mass is 10.0. The molecule has 7 nitrogen and oxygen atoms in total. The summed E-state index contributed by atoms with van der Waals surface area (Å²) in [5.74, 6) is 0.733. The summed E-state index contributed by atoms with van der Waals surface area (Å²) in [6, 6.07) is 8.49. The summed E-state index contributed by atoms with van der Waals surface area (Å²) in [6.07, 6.45) is 0. The van der Waals surface area contributed by atoms with Gasteiger partial charge in [0.2, 0.25) is 0 Å². The lowest BCUT2D eigenvalue weighted by molar-refractivity contribution is -0.123. The summed E-state index contributed by atoms with van der Waals surface area (Å²) in [6.45, 7) is 8.05. The minimum Gasteiger partial charge on any atom is -0.484 e. The third kappa shape index (κ3) is 5.30. The monoisotopic (exact) mass is 374 g/mol. The summed E-state index contributed by atoms with van der Waals surface area (Å²) in [4.78, 5) is 25.9. The van der Waals surface area contributed by atoms with Gasteiger partial charge in [-0.25, -0.2) is 4.79 Å². The van der Waals surface area contributed by atoms with Crippen molar-refractivity contribution in [2.75, 3.05) is 39.5 Å². The van der Waals surface area contributed by atoms with E-state index in [1.807, 2.05) is 0 Å². The van der Waals surface area contributed by atoms with Crippen LogP contribution in [-0.4, -0.2) is 56.3 Å². The Morgan fingerprint density at radius 2 is 1.96 bits per heavy atom. The van der Waals surface area contributed by atoms with Crippen molar-refractivity contribution in [3.05, 3.63) is 40.8 Å². The molecule has 1 fully saturated rings. The van der Waals surface area contributed by atoms with Crippen molar-refractivity contribution in [3.63, 3.8) is 0 Å². The Balaban J connectivity index is 1.52. The van der Waals surface area contributed by atoms with Crippen LogP contribution in [0.3, 0.4) is 0 Å². The topological polar surface area (TPSA) is 81.0 Å². The van der Waals surface area contributed by atoms with Crippen LogP contribution in [0.4, 0.5) is 0 Å². The van der Waals surface area contributed by atoms with E-state index in [9.17, 15) is 9.59 Å². The van der Waals surface area contributed by atoms with Gasteiger partial charge in [-0.05, 0) is 24.1 Å². The van der Waals surface area contributed by atoms with Crippen molar-refractivity contribution < 1.29 is 18.7 Å². The number of nitrogens with zero attached hydrogens (tertiary/aromatic N) is 1. The van der Waals surface area contributed by atoms with Crippen LogP contribution in [0.5, 0.6) is 5.75 Å². The van der Waals surface area contributed by atoms with Crippen LogP contribution in [0.15, 0.2) is 39.5 Å². The van der Waals surface area contributed by atoms with Gasteiger partial charge in [-0.3, -0.25) is 9.69 Å². The van der Waals surface area contributed by atoms with Crippen LogP contribution in [0.25, 0.3) is 11.0 Å². The van der Waals surface area contributed by atoms with Crippen LogP contribution in [0, 0.1) is 5.92 Å². The molecule has 1 aliphatic heterocycles. The number of hydrogen-bond acceptors (Lipinski definition) is 6. The molecule has 1 aromatic heterocycles. The summed E-state index contributed by atoms with van der Waals surface area (Å²) in [7, 11) is 0. The fourth-order valence-corrected chi connectivity index (χ4v) is 3.24. The third-order valence-corrected chi connectivity index (χ3v) is 4.76. The quantitative estimate of drug-likeness (QED) is 0.742. The van der Waals surface area contributed by atoms with Gasteiger partial charge in [-0.1, -0.05) is 13.8 Å². The first kappa shape index (κ1) is 19.4. The van der Waals surface area contributed by atoms with E-state index in [-0.39, 0.29) is 18.6 Å². The number of nitrogens with one attached hydrogen (secondary N) is 1. The summed E-state index contributed by atoms with van der Waals surface area (Å²) >= 11 is 0. The van der Waals surface area contributed by atoms with Crippen molar-refractivity contribution in [1.82, 2.24) is 10.2 Å². The third-order valence-electron chi connectivity index (χ3n) is 4.76. The highest BCUT2D eigenvalue weighted by Crippen LogP contribution is 2.19. The average Bonchev–Trinajstić information content (AvgIpc) is 2.66. The Bertz CT molecular complexity index is 826. The average molecular weight is 374 g/mol. The second kappa shape index (κ2) is 9.01. The van der Waals surface area contributed by atoms with Crippen LogP contribution >= 0.6 is 0 Å². The van der Waals surface area contributed by atoms with E-state index < -0.39 is 5.63 Å². The summed E-state index contributed by atoms with van der Waals surface area (Å²) in [5, 5.41) is 3.76. The molecule has 7 heteroatoms. The largest absolute Gasteiger partial charge is 0.484 e. The van der Waals surface area contributed by atoms with Crippen LogP contribution < -0.4 is 15.7 Å². The number of hydrogen-bond donors (Lipinski definition) is 1. The van der Waals surface area contributed by atoms with Crippen molar-refractivity contribution >= 4 is 16.9 Å². The van der Waals surface area contributed by atoms with Gasteiger partial charge in [0.05, 0.1) is 13.2 Å². The molecule has 0 saturated carbocycles. The Morgan fingerprint density at radius 3 is 2.70 bits per heavy atom. The second-order valence-corrected chi connectivity index (χ2v) is 7.01. The minimum absolute atomic E-state index is 0.0868. The van der Waals surface area contributed by atoms with Gasteiger partial charge in [-0.2, -0.15) is 0 Å². The maximum atomic E-state index is 12.2. The number of carbonyl (C=O) groups is 1. The first-order chi connectivity index (χ1) is 13.0. The molecule has 1 N–H and O–H groups in total. The van der Waals surface area contributed by atoms with E-state index in [0.29, 0.717) is 23.8 Å². The van der Waals surface area contributed by atoms with E-state index in [1.165, 1.54) is 6.07 Å². The molecule has 146 valence electrons. The number of rotatable bonds is 7. The number of amides is 1. The highest BCUT2D eigenvalue weighted by molar-refractivity contribution is 5.79. The predicted octanol–water partition coefficient (Wildman–Crippen LogP) is 1.64. The first-order valence-corrected chi connectivity index (χ1v) is 9.28. The molecule has 0 spiro atoms. The maximum Gasteiger partial charge on any atom is 0.336 e. The molecule has 1 unspecified atom stereocenters. The molecule has 0 bridgehead atoms. The van der Waals surface area contributed by atoms with Crippen LogP contribution in [0.1, 0.15) is 13.8 Å². The Morgan fingerprint density at radius 1 is 1.22 bits per heavy atom. The zero-order valence-corrected chi connectivity index (χ0v) is 15.8. The smallest absolute Gasteiger partial charge is 0.336 e. The number of carbonyl (C=O) groups excluding carboxylic acids is 1. The lowest BCUT2D eigenvalue weighted by Crippen LogP contribution is -2.51. The minimum atomic E-state index is -0.416. The molecule has 0 radical (unpaired) electrons. The van der Waals surface area contributed by atoms with Gasteiger partial charge >= 0.3 is 5.63 Å². The van der Waals surface area contributed by atoms with Gasteiger partial charge in [-0.15, -0.1) is 0 Å². The Kier molecular flexibility index (Phi) is 6.47. The summed E-state index contributed by atoms with van der Waals surface area (Å²) < 4.78 is 16.1. The molecule has 0 aliphatic carbocycles. The Hall–Kier alpha value is -2.38. The van der Waals surface area contributed by atoms with E-state index in [1.54, 1.807) is 24.3 Å². The molecule has 1 saturated heterocycles.